The van der Waals surface area contributed by atoms with E-state index in [1.54, 1.807) is 11.4 Å². The molecule has 0 amide bonds. The van der Waals surface area contributed by atoms with Crippen molar-refractivity contribution in [2.75, 3.05) is 7.11 Å². The Balaban J connectivity index is 2.18. The predicted octanol–water partition coefficient (Wildman–Crippen LogP) is 2.11. The van der Waals surface area contributed by atoms with Crippen LogP contribution in [0.3, 0.4) is 0 Å². The van der Waals surface area contributed by atoms with Crippen LogP contribution in [0.25, 0.3) is 22.6 Å². The van der Waals surface area contributed by atoms with Gasteiger partial charge in [0.15, 0.2) is 11.2 Å². The standard InChI is InChI=1S/C22H25N5O4/c1-11-8-12(2)10-16(9-11)25-13(3)14(4)26-17-18(23-21(25)26)24(6)22(30)27(19(17)28)15(5)20(29)31-7/h8-10,15H,1-7H3/t15-/m1/s1. The topological polar surface area (TPSA) is 92.5 Å². The first-order valence-corrected chi connectivity index (χ1v) is 9.96. The van der Waals surface area contributed by atoms with Gasteiger partial charge < -0.3 is 4.74 Å². The third-order valence-electron chi connectivity index (χ3n) is 5.86. The summed E-state index contributed by atoms with van der Waals surface area (Å²) in [5.74, 6) is -0.134. The van der Waals surface area contributed by atoms with E-state index in [1.165, 1.54) is 18.6 Å². The zero-order valence-corrected chi connectivity index (χ0v) is 18.7. The van der Waals surface area contributed by atoms with Gasteiger partial charge in [0.25, 0.3) is 5.56 Å². The van der Waals surface area contributed by atoms with Gasteiger partial charge in [-0.3, -0.25) is 18.3 Å². The van der Waals surface area contributed by atoms with Crippen LogP contribution in [0.1, 0.15) is 35.5 Å². The van der Waals surface area contributed by atoms with Crippen molar-refractivity contribution in [3.63, 3.8) is 0 Å². The van der Waals surface area contributed by atoms with Crippen molar-refractivity contribution in [2.45, 2.75) is 40.7 Å². The highest BCUT2D eigenvalue weighted by atomic mass is 16.5. The smallest absolute Gasteiger partial charge is 0.333 e. The van der Waals surface area contributed by atoms with E-state index >= 15 is 0 Å². The molecule has 9 heteroatoms. The van der Waals surface area contributed by atoms with Gasteiger partial charge in [0.1, 0.15) is 6.04 Å². The van der Waals surface area contributed by atoms with Gasteiger partial charge in [0.2, 0.25) is 5.78 Å². The number of aromatic nitrogens is 5. The minimum absolute atomic E-state index is 0.247. The fourth-order valence-corrected chi connectivity index (χ4v) is 4.22. The highest BCUT2D eigenvalue weighted by Crippen LogP contribution is 2.26. The molecule has 1 atom stereocenters. The Kier molecular flexibility index (Phi) is 4.64. The fraction of sp³-hybridized carbons (Fsp3) is 0.364. The number of nitrogens with zero attached hydrogens (tertiary/aromatic N) is 5. The van der Waals surface area contributed by atoms with E-state index in [-0.39, 0.29) is 11.2 Å². The highest BCUT2D eigenvalue weighted by Gasteiger charge is 2.27. The van der Waals surface area contributed by atoms with Crippen LogP contribution in [0, 0.1) is 27.7 Å². The van der Waals surface area contributed by atoms with E-state index in [0.717, 1.165) is 32.8 Å². The second-order valence-corrected chi connectivity index (χ2v) is 7.99. The number of carbonyl (C=O) groups is 1. The molecule has 4 aromatic rings. The van der Waals surface area contributed by atoms with Gasteiger partial charge in [-0.2, -0.15) is 4.98 Å². The molecule has 3 heterocycles. The number of methoxy groups -OCH3 is 1. The summed E-state index contributed by atoms with van der Waals surface area (Å²) in [4.78, 5) is 43.1. The number of rotatable bonds is 3. The Hall–Kier alpha value is -3.62. The first-order valence-electron chi connectivity index (χ1n) is 9.96. The Labute approximate surface area is 178 Å². The number of benzene rings is 1. The minimum Gasteiger partial charge on any atom is -0.467 e. The molecule has 0 radical (unpaired) electrons. The second-order valence-electron chi connectivity index (χ2n) is 7.99. The normalized spacial score (nSPS) is 12.6. The summed E-state index contributed by atoms with van der Waals surface area (Å²) in [5, 5.41) is 0. The van der Waals surface area contributed by atoms with Gasteiger partial charge in [-0.1, -0.05) is 6.07 Å². The van der Waals surface area contributed by atoms with Crippen LogP contribution >= 0.6 is 0 Å². The summed E-state index contributed by atoms with van der Waals surface area (Å²) in [6.45, 7) is 9.39. The number of ether oxygens (including phenoxy) is 1. The molecule has 0 bridgehead atoms. The van der Waals surface area contributed by atoms with Crippen molar-refractivity contribution in [1.29, 1.82) is 0 Å². The first-order chi connectivity index (χ1) is 14.6. The van der Waals surface area contributed by atoms with E-state index in [2.05, 4.69) is 23.2 Å². The van der Waals surface area contributed by atoms with Crippen LogP contribution in [-0.4, -0.2) is 36.2 Å². The van der Waals surface area contributed by atoms with Crippen LogP contribution in [0.15, 0.2) is 27.8 Å². The summed E-state index contributed by atoms with van der Waals surface area (Å²) in [7, 11) is 2.77. The maximum absolute atomic E-state index is 13.4. The van der Waals surface area contributed by atoms with Gasteiger partial charge in [0, 0.05) is 24.1 Å². The molecule has 0 fully saturated rings. The summed E-state index contributed by atoms with van der Waals surface area (Å²) >= 11 is 0. The molecular formula is C22H25N5O4. The number of fused-ring (bicyclic) bond motifs is 3. The Morgan fingerprint density at radius 2 is 1.65 bits per heavy atom. The quantitative estimate of drug-likeness (QED) is 0.471. The third-order valence-corrected chi connectivity index (χ3v) is 5.86. The number of carbonyl (C=O) groups excluding carboxylic acids is 1. The molecule has 0 spiro atoms. The summed E-state index contributed by atoms with van der Waals surface area (Å²) in [6, 6.07) is 5.13. The highest BCUT2D eigenvalue weighted by molar-refractivity contribution is 5.78. The number of hydrogen-bond donors (Lipinski definition) is 0. The van der Waals surface area contributed by atoms with E-state index in [9.17, 15) is 14.4 Å². The van der Waals surface area contributed by atoms with Crippen molar-refractivity contribution in [3.05, 3.63) is 61.6 Å². The fourth-order valence-electron chi connectivity index (χ4n) is 4.22. The van der Waals surface area contributed by atoms with Crippen molar-refractivity contribution >= 4 is 22.9 Å². The molecule has 162 valence electrons. The number of imidazole rings is 2. The first kappa shape index (κ1) is 20.6. The second kappa shape index (κ2) is 6.97. The van der Waals surface area contributed by atoms with Crippen LogP contribution in [0.2, 0.25) is 0 Å². The lowest BCUT2D eigenvalue weighted by Crippen LogP contribution is -2.43. The van der Waals surface area contributed by atoms with E-state index in [0.29, 0.717) is 5.78 Å². The lowest BCUT2D eigenvalue weighted by Gasteiger charge is -2.13. The van der Waals surface area contributed by atoms with Crippen LogP contribution in [-0.2, 0) is 16.6 Å². The molecule has 31 heavy (non-hydrogen) atoms. The molecule has 0 aliphatic rings. The zero-order valence-electron chi connectivity index (χ0n) is 18.7. The summed E-state index contributed by atoms with van der Waals surface area (Å²) in [5.41, 5.74) is 4.20. The molecule has 0 aliphatic carbocycles. The Morgan fingerprint density at radius 3 is 2.23 bits per heavy atom. The maximum Gasteiger partial charge on any atom is 0.333 e. The van der Waals surface area contributed by atoms with Crippen molar-refractivity contribution < 1.29 is 9.53 Å². The van der Waals surface area contributed by atoms with E-state index in [4.69, 9.17) is 4.74 Å². The van der Waals surface area contributed by atoms with Gasteiger partial charge in [-0.05, 0) is 57.9 Å². The number of hydrogen-bond acceptors (Lipinski definition) is 5. The summed E-state index contributed by atoms with van der Waals surface area (Å²) in [6.07, 6.45) is 0. The molecule has 0 saturated heterocycles. The SMILES string of the molecule is COC(=O)[C@@H](C)n1c(=O)c2c(nc3n(-c4cc(C)cc(C)c4)c(C)c(C)n23)n(C)c1=O. The third kappa shape index (κ3) is 2.83. The van der Waals surface area contributed by atoms with Crippen molar-refractivity contribution in [2.24, 2.45) is 7.05 Å². The average molecular weight is 423 g/mol. The zero-order chi connectivity index (χ0) is 22.8. The van der Waals surface area contributed by atoms with Crippen molar-refractivity contribution in [1.82, 2.24) is 23.1 Å². The minimum atomic E-state index is -1.06. The predicted molar refractivity (Wildman–Crippen MR) is 117 cm³/mol. The number of aryl methyl sites for hydroxylation is 4. The average Bonchev–Trinajstić information content (AvgIpc) is 3.20. The van der Waals surface area contributed by atoms with E-state index in [1.807, 2.05) is 32.3 Å². The molecule has 3 aromatic heterocycles. The maximum atomic E-state index is 13.4. The molecule has 0 saturated carbocycles. The number of esters is 1. The molecular weight excluding hydrogens is 398 g/mol. The molecule has 1 aromatic carbocycles. The molecule has 0 unspecified atom stereocenters. The molecule has 9 nitrogen and oxygen atoms in total. The van der Waals surface area contributed by atoms with Gasteiger partial charge in [-0.25, -0.2) is 14.2 Å². The van der Waals surface area contributed by atoms with Crippen LogP contribution < -0.4 is 11.2 Å². The Bertz CT molecular complexity index is 1480. The van der Waals surface area contributed by atoms with Crippen LogP contribution in [0.4, 0.5) is 0 Å². The Morgan fingerprint density at radius 1 is 1.03 bits per heavy atom. The van der Waals surface area contributed by atoms with Gasteiger partial charge >= 0.3 is 11.7 Å². The molecule has 4 rings (SSSR count). The molecule has 0 aliphatic heterocycles. The van der Waals surface area contributed by atoms with Crippen molar-refractivity contribution in [3.8, 4) is 5.69 Å². The van der Waals surface area contributed by atoms with Crippen LogP contribution in [0.5, 0.6) is 0 Å². The molecule has 0 N–H and O–H groups in total. The lowest BCUT2D eigenvalue weighted by atomic mass is 10.1. The summed E-state index contributed by atoms with van der Waals surface area (Å²) < 4.78 is 10.7. The largest absolute Gasteiger partial charge is 0.467 e. The lowest BCUT2D eigenvalue weighted by molar-refractivity contribution is -0.144. The monoisotopic (exact) mass is 423 g/mol. The van der Waals surface area contributed by atoms with Gasteiger partial charge in [0.05, 0.1) is 7.11 Å². The van der Waals surface area contributed by atoms with E-state index < -0.39 is 23.3 Å². The van der Waals surface area contributed by atoms with Gasteiger partial charge in [-0.15, -0.1) is 0 Å².